The van der Waals surface area contributed by atoms with E-state index >= 15 is 0 Å². The molecule has 13 aromatic rings. The lowest BCUT2D eigenvalue weighted by atomic mass is 9.65. The maximum atomic E-state index is 7.78. The molecule has 11 heterocycles. The molecular weight excluding hydrogens is 995 g/mol. The Morgan fingerprint density at radius 1 is 0.354 bits per heavy atom. The number of aromatic nitrogens is 3. The molecule has 9 aliphatic rings. The van der Waals surface area contributed by atoms with Gasteiger partial charge in [-0.2, -0.15) is 9.47 Å². The van der Waals surface area contributed by atoms with Crippen LogP contribution in [0.15, 0.2) is 243 Å². The molecule has 10 aromatic carbocycles. The second kappa shape index (κ2) is 12.5. The maximum Gasteiger partial charge on any atom is 0.350 e. The van der Waals surface area contributed by atoms with Gasteiger partial charge in [-0.15, -0.1) is 0 Å². The number of ether oxygens (including phenoxy) is 1. The number of benzene rings is 10. The van der Waals surface area contributed by atoms with E-state index in [4.69, 9.17) is 4.74 Å². The highest BCUT2D eigenvalue weighted by atomic mass is 28.3. The number of anilines is 3. The molecule has 1 unspecified atom stereocenters. The van der Waals surface area contributed by atoms with Gasteiger partial charge in [0.2, 0.25) is 22.9 Å². The molecule has 0 bridgehead atoms. The minimum absolute atomic E-state index is 0.248. The molecule has 0 radical (unpaired) electrons. The van der Waals surface area contributed by atoms with E-state index in [1.807, 2.05) is 0 Å². The summed E-state index contributed by atoms with van der Waals surface area (Å²) in [4.78, 5) is 2.75. The fraction of sp³-hybridized carbons (Fsp3) is 0.0141. The van der Waals surface area contributed by atoms with Crippen molar-refractivity contribution in [1.29, 1.82) is 0 Å². The number of pyridine rings is 2. The zero-order chi connectivity index (χ0) is 50.6. The lowest BCUT2D eigenvalue weighted by Crippen LogP contribution is -2.89. The van der Waals surface area contributed by atoms with Gasteiger partial charge < -0.3 is 4.74 Å². The molecule has 0 saturated carbocycles. The summed E-state index contributed by atoms with van der Waals surface area (Å²) in [5.41, 5.74) is 21.2. The van der Waals surface area contributed by atoms with E-state index < -0.39 is 21.6 Å². The van der Waals surface area contributed by atoms with E-state index in [-0.39, 0.29) is 4.70 Å². The Morgan fingerprint density at radius 3 is 1.46 bits per heavy atom. The fourth-order valence-electron chi connectivity index (χ4n) is 18.3. The third-order valence-electron chi connectivity index (χ3n) is 20.6. The summed E-state index contributed by atoms with van der Waals surface area (Å²) in [6.45, 7) is 0. The summed E-state index contributed by atoms with van der Waals surface area (Å²) in [5.74, 6) is 2.94. The quantitative estimate of drug-likeness (QED) is 0.0861. The number of para-hydroxylation sites is 2. The van der Waals surface area contributed by atoms with Gasteiger partial charge in [0.25, 0.3) is 0 Å². The van der Waals surface area contributed by atoms with E-state index in [1.165, 1.54) is 142 Å². The van der Waals surface area contributed by atoms with Crippen LogP contribution in [0.2, 0.25) is 0 Å². The second-order valence-electron chi connectivity index (χ2n) is 23.1. The molecule has 6 nitrogen and oxygen atoms in total. The van der Waals surface area contributed by atoms with E-state index in [9.17, 15) is 0 Å². The Kier molecular flexibility index (Phi) is 6.27. The summed E-state index contributed by atoms with van der Waals surface area (Å²) in [7, 11) is -6.25. The monoisotopic (exact) mass is 1030 g/mol. The molecule has 1 aliphatic carbocycles. The fourth-order valence-corrected chi connectivity index (χ4v) is 29.4. The highest BCUT2D eigenvalue weighted by molar-refractivity contribution is 7.24. The maximum absolute atomic E-state index is 7.78. The Balaban J connectivity index is 1.01. The van der Waals surface area contributed by atoms with Gasteiger partial charge >= 0.3 is 22.8 Å². The summed E-state index contributed by atoms with van der Waals surface area (Å²) >= 11 is 0. The normalized spacial score (nSPS) is 18.3. The highest BCUT2D eigenvalue weighted by Crippen LogP contribution is 2.68. The van der Waals surface area contributed by atoms with Crippen molar-refractivity contribution in [1.82, 2.24) is 9.27 Å². The first-order valence-electron chi connectivity index (χ1n) is 27.7. The molecule has 1 atom stereocenters. The molecular formula is C71H40N5OSi2+3. The average molecular weight is 1040 g/mol. The van der Waals surface area contributed by atoms with Crippen LogP contribution in [-0.2, 0) is 5.41 Å². The molecule has 4 spiro atoms. The lowest BCUT2D eigenvalue weighted by Gasteiger charge is -2.50. The largest absolute Gasteiger partial charge is 0.444 e. The number of fused-ring (bicyclic) bond motifs is 22. The number of hydrogen-bond donors (Lipinski definition) is 0. The van der Waals surface area contributed by atoms with Crippen molar-refractivity contribution in [2.45, 2.75) is 5.41 Å². The van der Waals surface area contributed by atoms with Crippen LogP contribution in [0, 0.1) is 0 Å². The van der Waals surface area contributed by atoms with E-state index in [0.29, 0.717) is 0 Å². The van der Waals surface area contributed by atoms with Crippen molar-refractivity contribution < 1.29 is 14.1 Å². The number of rotatable bonds is 0. The smallest absolute Gasteiger partial charge is 0.350 e. The molecule has 3 aromatic heterocycles. The Morgan fingerprint density at radius 2 is 0.810 bits per heavy atom. The van der Waals surface area contributed by atoms with Gasteiger partial charge in [0, 0.05) is 31.7 Å². The SMILES string of the molecule is c1ccc2c(c1)-c1ccccc1C21c2cccc3c2N2c4c(ccc5c4[N+]4(c6c(ccc7c6-n6c8c(cccc8c8ccc[n+]4c86)[Si]74c6ccccc6-c6ccccc64)O5)[n+]4cccc1c42)[Si]31c2ccccc2-c2ccccc21. The van der Waals surface area contributed by atoms with E-state index in [0.717, 1.165) is 22.9 Å². The predicted molar refractivity (Wildman–Crippen MR) is 318 cm³/mol. The molecule has 0 amide bonds. The Bertz CT molecular complexity index is 5100. The summed E-state index contributed by atoms with van der Waals surface area (Å²) in [6, 6.07) is 90.1. The minimum Gasteiger partial charge on any atom is -0.444 e. The Hall–Kier alpha value is -9.71. The van der Waals surface area contributed by atoms with Gasteiger partial charge in [0.05, 0.1) is 21.1 Å². The molecule has 0 fully saturated rings. The zero-order valence-electron chi connectivity index (χ0n) is 42.2. The molecule has 79 heavy (non-hydrogen) atoms. The topological polar surface area (TPSA) is 25.2 Å². The molecule has 0 N–H and O–H groups in total. The van der Waals surface area contributed by atoms with Crippen LogP contribution in [0.3, 0.4) is 0 Å². The number of quaternary nitrogens is 1. The van der Waals surface area contributed by atoms with Crippen molar-refractivity contribution >= 4 is 108 Å². The highest BCUT2D eigenvalue weighted by Gasteiger charge is 2.75. The van der Waals surface area contributed by atoms with Gasteiger partial charge in [0.1, 0.15) is 11.2 Å². The predicted octanol–water partition coefficient (Wildman–Crippen LogP) is 9.15. The van der Waals surface area contributed by atoms with E-state index in [1.54, 1.807) is 0 Å². The van der Waals surface area contributed by atoms with Crippen molar-refractivity contribution in [3.05, 3.63) is 265 Å². The van der Waals surface area contributed by atoms with Gasteiger partial charge in [-0.3, -0.25) is 0 Å². The first-order chi connectivity index (χ1) is 39.2. The van der Waals surface area contributed by atoms with Gasteiger partial charge in [-0.1, -0.05) is 188 Å². The standard InChI is InChI=1S/C71H40N5OSi2/c1-7-25-49-41(17-1)42-18-2-8-26-50(42)71(49)51-27-14-34-60-64(51)75-66-62(79(60)57-31-11-5-21-45(57)46-22-6-12-32-58(46)79)38-36-54-68(66)76(73-40-16-28-52(71)70(73)75)67-53(77-54)35-37-61-65(67)74-63-47(48-24-15-39-72(76)69(48)74)23-13-33-59(63)78(61)55-29-9-3-19-43(55)44-20-4-10-30-56(44)78/h1-40H/q+3. The molecule has 8 aliphatic heterocycles. The molecule has 360 valence electrons. The van der Waals surface area contributed by atoms with Crippen molar-refractivity contribution in [2.24, 2.45) is 0 Å². The zero-order valence-corrected chi connectivity index (χ0v) is 44.2. The van der Waals surface area contributed by atoms with Crippen LogP contribution in [0.1, 0.15) is 22.3 Å². The van der Waals surface area contributed by atoms with Gasteiger partial charge in [-0.05, 0) is 117 Å². The molecule has 0 saturated heterocycles. The van der Waals surface area contributed by atoms with Crippen LogP contribution in [0.4, 0.5) is 28.6 Å². The van der Waals surface area contributed by atoms with Crippen LogP contribution in [-0.4, -0.2) is 20.7 Å². The first kappa shape index (κ1) is 39.6. The summed E-state index contributed by atoms with van der Waals surface area (Å²) in [6.07, 6.45) is 4.80. The van der Waals surface area contributed by atoms with Gasteiger partial charge in [0.15, 0.2) is 28.5 Å². The van der Waals surface area contributed by atoms with Crippen LogP contribution in [0.25, 0.3) is 61.0 Å². The number of hydrogen-bond acceptors (Lipinski definition) is 2. The number of nitrogens with zero attached hydrogens (tertiary/aromatic N) is 5. The van der Waals surface area contributed by atoms with Crippen LogP contribution in [0.5, 0.6) is 11.5 Å². The van der Waals surface area contributed by atoms with Crippen molar-refractivity contribution in [3.8, 4) is 50.6 Å². The average Bonchev–Trinajstić information content (AvgIpc) is 1.91. The second-order valence-corrected chi connectivity index (χ2v) is 30.4. The van der Waals surface area contributed by atoms with Crippen molar-refractivity contribution in [2.75, 3.05) is 4.90 Å². The van der Waals surface area contributed by atoms with Crippen LogP contribution >= 0.6 is 0 Å². The molecule has 8 heteroatoms. The first-order valence-corrected chi connectivity index (χ1v) is 31.7. The minimum atomic E-state index is -3.20. The van der Waals surface area contributed by atoms with E-state index in [2.05, 4.69) is 262 Å². The molecule has 22 rings (SSSR count). The van der Waals surface area contributed by atoms with Crippen LogP contribution < -0.4 is 65.2 Å². The third-order valence-corrected chi connectivity index (χ3v) is 30.4. The summed E-state index contributed by atoms with van der Waals surface area (Å²) < 4.78 is 16.0. The summed E-state index contributed by atoms with van der Waals surface area (Å²) in [5, 5.41) is 14.1. The van der Waals surface area contributed by atoms with Gasteiger partial charge in [-0.25, -0.2) is 0 Å². The van der Waals surface area contributed by atoms with Crippen molar-refractivity contribution in [3.63, 3.8) is 0 Å². The lowest BCUT2D eigenvalue weighted by molar-refractivity contribution is -1.03. The Labute approximate surface area is 455 Å². The third kappa shape index (κ3) is 3.66.